The minimum absolute atomic E-state index is 0.141. The lowest BCUT2D eigenvalue weighted by atomic mass is 10.1. The van der Waals surface area contributed by atoms with Gasteiger partial charge in [0.25, 0.3) is 5.24 Å². The van der Waals surface area contributed by atoms with Crippen molar-refractivity contribution in [2.75, 3.05) is 13.7 Å². The highest BCUT2D eigenvalue weighted by Crippen LogP contribution is 2.36. The summed E-state index contributed by atoms with van der Waals surface area (Å²) in [7, 11) is 1.61. The van der Waals surface area contributed by atoms with E-state index < -0.39 is 5.25 Å². The van der Waals surface area contributed by atoms with Crippen molar-refractivity contribution < 1.29 is 19.1 Å². The van der Waals surface area contributed by atoms with Crippen molar-refractivity contribution in [1.29, 1.82) is 0 Å². The van der Waals surface area contributed by atoms with Crippen LogP contribution >= 0.6 is 34.4 Å². The number of hydrogen-bond acceptors (Lipinski definition) is 5. The number of amides is 2. The van der Waals surface area contributed by atoms with Crippen LogP contribution in [0.25, 0.3) is 0 Å². The van der Waals surface area contributed by atoms with Gasteiger partial charge in [-0.2, -0.15) is 0 Å². The zero-order valence-corrected chi connectivity index (χ0v) is 18.1. The fourth-order valence-corrected chi connectivity index (χ4v) is 4.87. The molecule has 142 valence electrons. The molecule has 0 spiro atoms. The zero-order chi connectivity index (χ0) is 19.4. The summed E-state index contributed by atoms with van der Waals surface area (Å²) < 4.78 is 12.0. The fraction of sp³-hybridized carbons (Fsp3) is 0.300. The lowest BCUT2D eigenvalue weighted by Crippen LogP contribution is -2.31. The van der Waals surface area contributed by atoms with Crippen LogP contribution in [0, 0.1) is 3.57 Å². The number of nitrogens with zero attached hydrogens (tertiary/aromatic N) is 1. The maximum atomic E-state index is 12.8. The van der Waals surface area contributed by atoms with Crippen LogP contribution < -0.4 is 9.47 Å². The molecular weight excluding hydrogens is 477 g/mol. The van der Waals surface area contributed by atoms with Crippen molar-refractivity contribution in [3.05, 3.63) is 57.2 Å². The Kier molecular flexibility index (Phi) is 6.64. The number of rotatable bonds is 7. The van der Waals surface area contributed by atoms with Crippen molar-refractivity contribution >= 4 is 45.5 Å². The average Bonchev–Trinajstić information content (AvgIpc) is 2.90. The van der Waals surface area contributed by atoms with Gasteiger partial charge in [-0.25, -0.2) is 0 Å². The van der Waals surface area contributed by atoms with E-state index in [1.54, 1.807) is 7.11 Å². The number of ether oxygens (including phenoxy) is 2. The van der Waals surface area contributed by atoms with Gasteiger partial charge in [-0.1, -0.05) is 42.1 Å². The smallest absolute Gasteiger partial charge is 0.289 e. The number of methoxy groups -OCH3 is 1. The van der Waals surface area contributed by atoms with Crippen molar-refractivity contribution in [3.8, 4) is 11.5 Å². The molecule has 1 heterocycles. The molecule has 1 aliphatic rings. The standard InChI is InChI=1S/C20H20INO4S/c1-3-26-16-10-14(9-15(21)18(16)25-2)11-17-19(23)22(20(24)27-17)12-13-7-5-4-6-8-13/h4-10,17H,3,11-12H2,1-2H3/t17-/m1/s1. The van der Waals surface area contributed by atoms with E-state index in [2.05, 4.69) is 22.6 Å². The molecule has 1 fully saturated rings. The van der Waals surface area contributed by atoms with E-state index in [0.717, 1.165) is 26.5 Å². The maximum Gasteiger partial charge on any atom is 0.289 e. The van der Waals surface area contributed by atoms with E-state index in [9.17, 15) is 9.59 Å². The van der Waals surface area contributed by atoms with E-state index in [1.165, 1.54) is 4.90 Å². The third kappa shape index (κ3) is 4.57. The first-order valence-electron chi connectivity index (χ1n) is 8.58. The quantitative estimate of drug-likeness (QED) is 0.528. The molecule has 0 aromatic heterocycles. The van der Waals surface area contributed by atoms with Gasteiger partial charge < -0.3 is 9.47 Å². The maximum absolute atomic E-state index is 12.8. The number of carbonyl (C=O) groups is 2. The number of thioether (sulfide) groups is 1. The van der Waals surface area contributed by atoms with Crippen molar-refractivity contribution in [2.45, 2.75) is 25.1 Å². The molecule has 0 bridgehead atoms. The molecule has 0 aliphatic carbocycles. The number of imide groups is 1. The minimum Gasteiger partial charge on any atom is -0.492 e. The Balaban J connectivity index is 1.76. The summed E-state index contributed by atoms with van der Waals surface area (Å²) in [5.41, 5.74) is 1.89. The summed E-state index contributed by atoms with van der Waals surface area (Å²) in [6, 6.07) is 13.4. The molecule has 0 saturated carbocycles. The van der Waals surface area contributed by atoms with Gasteiger partial charge in [0.15, 0.2) is 11.5 Å². The number of carbonyl (C=O) groups excluding carboxylic acids is 2. The van der Waals surface area contributed by atoms with Gasteiger partial charge in [-0.3, -0.25) is 14.5 Å². The van der Waals surface area contributed by atoms with Crippen molar-refractivity contribution in [3.63, 3.8) is 0 Å². The Morgan fingerprint density at radius 1 is 1.15 bits per heavy atom. The minimum atomic E-state index is -0.417. The normalized spacial score (nSPS) is 16.7. The van der Waals surface area contributed by atoms with Gasteiger partial charge >= 0.3 is 0 Å². The average molecular weight is 497 g/mol. The van der Waals surface area contributed by atoms with E-state index in [4.69, 9.17) is 9.47 Å². The van der Waals surface area contributed by atoms with Gasteiger partial charge in [0.2, 0.25) is 5.91 Å². The molecule has 1 saturated heterocycles. The van der Waals surface area contributed by atoms with E-state index in [1.807, 2.05) is 49.4 Å². The molecular formula is C20H20INO4S. The summed E-state index contributed by atoms with van der Waals surface area (Å²) in [5.74, 6) is 1.20. The third-order valence-electron chi connectivity index (χ3n) is 4.18. The summed E-state index contributed by atoms with van der Waals surface area (Å²) in [6.07, 6.45) is 0.473. The van der Waals surface area contributed by atoms with Crippen molar-refractivity contribution in [1.82, 2.24) is 4.90 Å². The first-order chi connectivity index (χ1) is 13.0. The molecule has 0 N–H and O–H groups in total. The highest BCUT2D eigenvalue weighted by molar-refractivity contribution is 14.1. The van der Waals surface area contributed by atoms with Crippen molar-refractivity contribution in [2.24, 2.45) is 0 Å². The summed E-state index contributed by atoms with van der Waals surface area (Å²) in [5, 5.41) is -0.609. The SMILES string of the molecule is CCOc1cc(C[C@H]2SC(=O)N(Cc3ccccc3)C2=O)cc(I)c1OC. The predicted molar refractivity (Wildman–Crippen MR) is 114 cm³/mol. The number of benzene rings is 2. The van der Waals surface area contributed by atoms with Gasteiger partial charge in [0.05, 0.1) is 29.1 Å². The third-order valence-corrected chi connectivity index (χ3v) is 6.06. The van der Waals surface area contributed by atoms with Crippen LogP contribution in [0.1, 0.15) is 18.1 Å². The van der Waals surface area contributed by atoms with Crippen LogP contribution in [0.15, 0.2) is 42.5 Å². The van der Waals surface area contributed by atoms with E-state index in [-0.39, 0.29) is 11.1 Å². The lowest BCUT2D eigenvalue weighted by Gasteiger charge is -2.15. The number of hydrogen-bond donors (Lipinski definition) is 0. The highest BCUT2D eigenvalue weighted by atomic mass is 127. The van der Waals surface area contributed by atoms with Gasteiger partial charge in [0.1, 0.15) is 0 Å². The molecule has 2 aromatic carbocycles. The summed E-state index contributed by atoms with van der Waals surface area (Å²) in [6.45, 7) is 2.75. The second-order valence-corrected chi connectivity index (χ2v) is 8.34. The molecule has 7 heteroatoms. The van der Waals surface area contributed by atoms with E-state index >= 15 is 0 Å². The summed E-state index contributed by atoms with van der Waals surface area (Å²) >= 11 is 3.29. The van der Waals surface area contributed by atoms with Crippen LogP contribution in [0.5, 0.6) is 11.5 Å². The van der Waals surface area contributed by atoms with Crippen LogP contribution in [0.4, 0.5) is 4.79 Å². The molecule has 1 aliphatic heterocycles. The molecule has 3 rings (SSSR count). The topological polar surface area (TPSA) is 55.8 Å². The van der Waals surface area contributed by atoms with Gasteiger partial charge in [-0.15, -0.1) is 0 Å². The lowest BCUT2D eigenvalue weighted by molar-refractivity contribution is -0.127. The van der Waals surface area contributed by atoms with Crippen LogP contribution in [0.3, 0.4) is 0 Å². The molecule has 2 amide bonds. The summed E-state index contributed by atoms with van der Waals surface area (Å²) in [4.78, 5) is 26.5. The largest absolute Gasteiger partial charge is 0.492 e. The molecule has 0 radical (unpaired) electrons. The zero-order valence-electron chi connectivity index (χ0n) is 15.1. The first kappa shape index (κ1) is 20.0. The second-order valence-electron chi connectivity index (χ2n) is 6.03. The molecule has 5 nitrogen and oxygen atoms in total. The second kappa shape index (κ2) is 8.97. The Morgan fingerprint density at radius 3 is 2.56 bits per heavy atom. The fourth-order valence-electron chi connectivity index (χ4n) is 2.95. The Morgan fingerprint density at radius 2 is 1.89 bits per heavy atom. The number of halogens is 1. The molecule has 0 unspecified atom stereocenters. The predicted octanol–water partition coefficient (Wildman–Crippen LogP) is 4.51. The first-order valence-corrected chi connectivity index (χ1v) is 10.5. The Bertz CT molecular complexity index is 843. The van der Waals surface area contributed by atoms with Crippen LogP contribution in [-0.2, 0) is 17.8 Å². The van der Waals surface area contributed by atoms with Crippen LogP contribution in [0.2, 0.25) is 0 Å². The van der Waals surface area contributed by atoms with E-state index in [0.29, 0.717) is 31.1 Å². The molecule has 27 heavy (non-hydrogen) atoms. The Hall–Kier alpha value is -1.74. The molecule has 1 atom stereocenters. The monoisotopic (exact) mass is 497 g/mol. The van der Waals surface area contributed by atoms with Gasteiger partial charge in [0, 0.05) is 0 Å². The van der Waals surface area contributed by atoms with Gasteiger partial charge in [-0.05, 0) is 59.2 Å². The molecule has 2 aromatic rings. The van der Waals surface area contributed by atoms with Crippen LogP contribution in [-0.4, -0.2) is 35.0 Å². The Labute approximate surface area is 176 Å². The highest BCUT2D eigenvalue weighted by Gasteiger charge is 2.39.